The van der Waals surface area contributed by atoms with Crippen molar-refractivity contribution in [2.75, 3.05) is 13.2 Å². The highest BCUT2D eigenvalue weighted by atomic mass is 35.6. The highest BCUT2D eigenvalue weighted by Gasteiger charge is 2.35. The quantitative estimate of drug-likeness (QED) is 0.513. The van der Waals surface area contributed by atoms with Crippen LogP contribution in [0.1, 0.15) is 37.3 Å². The van der Waals surface area contributed by atoms with Gasteiger partial charge in [0, 0.05) is 0 Å². The molecule has 2 rings (SSSR count). The fourth-order valence-corrected chi connectivity index (χ4v) is 3.23. The number of hydrogen-bond donors (Lipinski definition) is 0. The van der Waals surface area contributed by atoms with E-state index in [9.17, 15) is 0 Å². The molecule has 0 N–H and O–H groups in total. The highest BCUT2D eigenvalue weighted by molar-refractivity contribution is 6.68. The summed E-state index contributed by atoms with van der Waals surface area (Å²) < 4.78 is 9.62. The molecule has 2 aromatic rings. The molecule has 2 aromatic carbocycles. The lowest BCUT2D eigenvalue weighted by molar-refractivity contribution is 0.317. The first-order chi connectivity index (χ1) is 11.5. The molecule has 0 saturated heterocycles. The number of benzene rings is 2. The molecule has 0 aliphatic carbocycles. The van der Waals surface area contributed by atoms with Gasteiger partial charge in [0.2, 0.25) is 3.79 Å². The van der Waals surface area contributed by atoms with Crippen molar-refractivity contribution in [1.82, 2.24) is 0 Å². The van der Waals surface area contributed by atoms with Crippen molar-refractivity contribution in [3.05, 3.63) is 59.7 Å². The SMILES string of the molecule is CCCOc1ccc(C(c2ccc(OCC)cc2)C(Cl)(Cl)Cl)cc1. The molecule has 0 aliphatic rings. The Morgan fingerprint density at radius 2 is 1.25 bits per heavy atom. The van der Waals surface area contributed by atoms with Gasteiger partial charge in [-0.2, -0.15) is 0 Å². The molecule has 0 heterocycles. The molecule has 0 fully saturated rings. The van der Waals surface area contributed by atoms with Crippen LogP contribution in [-0.4, -0.2) is 17.0 Å². The zero-order valence-corrected chi connectivity index (χ0v) is 16.0. The van der Waals surface area contributed by atoms with Gasteiger partial charge in [-0.15, -0.1) is 0 Å². The van der Waals surface area contributed by atoms with Crippen LogP contribution in [0.5, 0.6) is 11.5 Å². The van der Waals surface area contributed by atoms with Gasteiger partial charge in [0.25, 0.3) is 0 Å². The molecule has 1 unspecified atom stereocenters. The number of ether oxygens (including phenoxy) is 2. The third-order valence-electron chi connectivity index (χ3n) is 3.54. The van der Waals surface area contributed by atoms with Crippen molar-refractivity contribution >= 4 is 34.8 Å². The van der Waals surface area contributed by atoms with Gasteiger partial charge in [0.1, 0.15) is 11.5 Å². The molecular weight excluding hydrogens is 367 g/mol. The summed E-state index contributed by atoms with van der Waals surface area (Å²) in [6, 6.07) is 15.3. The molecule has 24 heavy (non-hydrogen) atoms. The lowest BCUT2D eigenvalue weighted by atomic mass is 9.92. The van der Waals surface area contributed by atoms with Crippen LogP contribution in [0.2, 0.25) is 0 Å². The van der Waals surface area contributed by atoms with E-state index in [1.807, 2.05) is 55.5 Å². The van der Waals surface area contributed by atoms with Crippen LogP contribution >= 0.6 is 34.8 Å². The second kappa shape index (κ2) is 8.84. The van der Waals surface area contributed by atoms with Crippen molar-refractivity contribution < 1.29 is 9.47 Å². The van der Waals surface area contributed by atoms with Gasteiger partial charge in [-0.25, -0.2) is 0 Å². The Bertz CT molecular complexity index is 619. The second-order valence-corrected chi connectivity index (χ2v) is 7.76. The predicted octanol–water partition coefficient (Wildman–Crippen LogP) is 6.38. The van der Waals surface area contributed by atoms with Crippen LogP contribution < -0.4 is 9.47 Å². The minimum Gasteiger partial charge on any atom is -0.494 e. The Balaban J connectivity index is 2.28. The molecule has 0 aromatic heterocycles. The minimum absolute atomic E-state index is 0.376. The third-order valence-corrected chi connectivity index (χ3v) is 4.19. The summed E-state index contributed by atoms with van der Waals surface area (Å²) in [5.74, 6) is 1.24. The van der Waals surface area contributed by atoms with Gasteiger partial charge in [-0.05, 0) is 48.7 Å². The van der Waals surface area contributed by atoms with Crippen LogP contribution in [0, 0.1) is 0 Å². The number of halogens is 3. The van der Waals surface area contributed by atoms with Gasteiger partial charge in [-0.1, -0.05) is 66.0 Å². The summed E-state index contributed by atoms with van der Waals surface area (Å²) >= 11 is 18.8. The smallest absolute Gasteiger partial charge is 0.201 e. The average molecular weight is 388 g/mol. The van der Waals surface area contributed by atoms with Gasteiger partial charge in [-0.3, -0.25) is 0 Å². The summed E-state index contributed by atoms with van der Waals surface area (Å²) in [6.07, 6.45) is 0.963. The van der Waals surface area contributed by atoms with Crippen LogP contribution in [0.4, 0.5) is 0 Å². The van der Waals surface area contributed by atoms with E-state index in [0.717, 1.165) is 29.0 Å². The zero-order valence-electron chi connectivity index (χ0n) is 13.8. The van der Waals surface area contributed by atoms with Crippen molar-refractivity contribution in [3.8, 4) is 11.5 Å². The average Bonchev–Trinajstić information content (AvgIpc) is 2.55. The topological polar surface area (TPSA) is 18.5 Å². The maximum atomic E-state index is 6.26. The Labute approximate surface area is 158 Å². The van der Waals surface area contributed by atoms with E-state index >= 15 is 0 Å². The van der Waals surface area contributed by atoms with Gasteiger partial charge in [0.15, 0.2) is 0 Å². The highest BCUT2D eigenvalue weighted by Crippen LogP contribution is 2.46. The predicted molar refractivity (Wildman–Crippen MR) is 102 cm³/mol. The lowest BCUT2D eigenvalue weighted by Crippen LogP contribution is -2.18. The third kappa shape index (κ3) is 5.20. The van der Waals surface area contributed by atoms with E-state index in [0.29, 0.717) is 13.2 Å². The van der Waals surface area contributed by atoms with Gasteiger partial charge < -0.3 is 9.47 Å². The summed E-state index contributed by atoms with van der Waals surface area (Å²) in [5.41, 5.74) is 1.84. The Morgan fingerprint density at radius 1 is 0.792 bits per heavy atom. The summed E-state index contributed by atoms with van der Waals surface area (Å²) in [4.78, 5) is 0. The van der Waals surface area contributed by atoms with Crippen LogP contribution in [0.15, 0.2) is 48.5 Å². The van der Waals surface area contributed by atoms with E-state index < -0.39 is 3.79 Å². The standard InChI is InChI=1S/C19H21Cl3O2/c1-3-13-24-17-11-7-15(8-12-17)18(19(20,21)22)14-5-9-16(10-6-14)23-4-2/h5-12,18H,3-4,13H2,1-2H3. The van der Waals surface area contributed by atoms with Crippen molar-refractivity contribution in [3.63, 3.8) is 0 Å². The molecule has 5 heteroatoms. The molecule has 0 radical (unpaired) electrons. The molecule has 2 nitrogen and oxygen atoms in total. The maximum Gasteiger partial charge on any atom is 0.201 e. The van der Waals surface area contributed by atoms with Crippen molar-refractivity contribution in [2.24, 2.45) is 0 Å². The maximum absolute atomic E-state index is 6.26. The van der Waals surface area contributed by atoms with E-state index in [4.69, 9.17) is 44.3 Å². The molecule has 0 amide bonds. The van der Waals surface area contributed by atoms with Crippen LogP contribution in [-0.2, 0) is 0 Å². The molecular formula is C19H21Cl3O2. The number of hydrogen-bond acceptors (Lipinski definition) is 2. The van der Waals surface area contributed by atoms with Crippen LogP contribution in [0.25, 0.3) is 0 Å². The summed E-state index contributed by atoms with van der Waals surface area (Å²) in [6.45, 7) is 5.32. The first kappa shape index (κ1) is 19.2. The fourth-order valence-electron chi connectivity index (χ4n) is 2.47. The molecule has 0 saturated carbocycles. The van der Waals surface area contributed by atoms with Gasteiger partial charge >= 0.3 is 0 Å². The van der Waals surface area contributed by atoms with Crippen molar-refractivity contribution in [1.29, 1.82) is 0 Å². The molecule has 130 valence electrons. The lowest BCUT2D eigenvalue weighted by Gasteiger charge is -2.25. The Hall–Kier alpha value is -1.09. The first-order valence-electron chi connectivity index (χ1n) is 7.98. The molecule has 1 atom stereocenters. The summed E-state index contributed by atoms with van der Waals surface area (Å²) in [5, 5.41) is 0. The van der Waals surface area contributed by atoms with Crippen molar-refractivity contribution in [2.45, 2.75) is 30.0 Å². The summed E-state index contributed by atoms with van der Waals surface area (Å²) in [7, 11) is 0. The van der Waals surface area contributed by atoms with E-state index in [2.05, 4.69) is 6.92 Å². The van der Waals surface area contributed by atoms with Crippen LogP contribution in [0.3, 0.4) is 0 Å². The number of alkyl halides is 3. The Morgan fingerprint density at radius 3 is 1.62 bits per heavy atom. The normalized spacial score (nSPS) is 12.7. The Kier molecular flexibility index (Phi) is 7.09. The zero-order chi connectivity index (χ0) is 17.6. The molecule has 0 spiro atoms. The van der Waals surface area contributed by atoms with E-state index in [1.165, 1.54) is 0 Å². The van der Waals surface area contributed by atoms with E-state index in [1.54, 1.807) is 0 Å². The second-order valence-electron chi connectivity index (χ2n) is 5.39. The largest absolute Gasteiger partial charge is 0.494 e. The fraction of sp³-hybridized carbons (Fsp3) is 0.368. The molecule has 0 aliphatic heterocycles. The van der Waals surface area contributed by atoms with Gasteiger partial charge in [0.05, 0.1) is 19.1 Å². The number of rotatable bonds is 7. The monoisotopic (exact) mass is 386 g/mol. The molecule has 0 bridgehead atoms. The minimum atomic E-state index is -1.46. The van der Waals surface area contributed by atoms with E-state index in [-0.39, 0.29) is 5.92 Å². The first-order valence-corrected chi connectivity index (χ1v) is 9.11.